The number of nitro benzene ring substituents is 2. The van der Waals surface area contributed by atoms with E-state index in [4.69, 9.17) is 0 Å². The monoisotopic (exact) mass is 358 g/mol. The number of thioether (sulfide) groups is 1. The van der Waals surface area contributed by atoms with Crippen LogP contribution in [0.15, 0.2) is 48.5 Å². The van der Waals surface area contributed by atoms with E-state index in [1.165, 1.54) is 0 Å². The summed E-state index contributed by atoms with van der Waals surface area (Å²) in [6, 6.07) is 13.5. The SMILES string of the molecule is O=[N+]([O-])c1ccc(CC2(Cc3ccc([N+](=O)[O-])cc3)CCSC2)cc1. The predicted octanol–water partition coefficient (Wildman–Crippen LogP) is 4.41. The molecule has 0 bridgehead atoms. The number of benzene rings is 2. The molecule has 3 rings (SSSR count). The molecule has 6 nitrogen and oxygen atoms in total. The zero-order valence-electron chi connectivity index (χ0n) is 13.6. The highest BCUT2D eigenvalue weighted by Gasteiger charge is 2.34. The first-order valence-electron chi connectivity index (χ1n) is 8.02. The lowest BCUT2D eigenvalue weighted by Crippen LogP contribution is -2.26. The van der Waals surface area contributed by atoms with Gasteiger partial charge in [0.1, 0.15) is 0 Å². The van der Waals surface area contributed by atoms with Gasteiger partial charge in [0.25, 0.3) is 11.4 Å². The number of nitro groups is 2. The Kier molecular flexibility index (Phi) is 5.03. The summed E-state index contributed by atoms with van der Waals surface area (Å²) in [5, 5.41) is 21.6. The molecule has 7 heteroatoms. The minimum atomic E-state index is -0.387. The third-order valence-corrected chi connectivity index (χ3v) is 5.95. The van der Waals surface area contributed by atoms with Gasteiger partial charge in [-0.05, 0) is 47.3 Å². The van der Waals surface area contributed by atoms with Crippen molar-refractivity contribution >= 4 is 23.1 Å². The largest absolute Gasteiger partial charge is 0.269 e. The van der Waals surface area contributed by atoms with Crippen LogP contribution in [0.5, 0.6) is 0 Å². The standard InChI is InChI=1S/C18H18N2O4S/c21-19(22)16-5-1-14(2-6-16)11-18(9-10-25-13-18)12-15-3-7-17(8-4-15)20(23)24/h1-8H,9-13H2. The molecule has 0 amide bonds. The van der Waals surface area contributed by atoms with Crippen molar-refractivity contribution in [3.8, 4) is 0 Å². The first kappa shape index (κ1) is 17.4. The fourth-order valence-corrected chi connectivity index (χ4v) is 4.83. The summed E-state index contributed by atoms with van der Waals surface area (Å²) in [6.07, 6.45) is 2.79. The van der Waals surface area contributed by atoms with Gasteiger partial charge in [-0.3, -0.25) is 20.2 Å². The smallest absolute Gasteiger partial charge is 0.258 e. The highest BCUT2D eigenvalue weighted by molar-refractivity contribution is 7.99. The van der Waals surface area contributed by atoms with E-state index >= 15 is 0 Å². The minimum Gasteiger partial charge on any atom is -0.258 e. The molecule has 25 heavy (non-hydrogen) atoms. The van der Waals surface area contributed by atoms with E-state index in [-0.39, 0.29) is 26.6 Å². The second-order valence-corrected chi connectivity index (χ2v) is 7.61. The van der Waals surface area contributed by atoms with Gasteiger partial charge in [0, 0.05) is 24.3 Å². The van der Waals surface area contributed by atoms with Gasteiger partial charge < -0.3 is 0 Å². The topological polar surface area (TPSA) is 86.3 Å². The average molecular weight is 358 g/mol. The zero-order chi connectivity index (χ0) is 17.9. The maximum atomic E-state index is 10.8. The van der Waals surface area contributed by atoms with Crippen LogP contribution in [0.25, 0.3) is 0 Å². The van der Waals surface area contributed by atoms with Crippen molar-refractivity contribution < 1.29 is 9.85 Å². The number of non-ortho nitro benzene ring substituents is 2. The van der Waals surface area contributed by atoms with Gasteiger partial charge in [-0.2, -0.15) is 11.8 Å². The lowest BCUT2D eigenvalue weighted by molar-refractivity contribution is -0.385. The van der Waals surface area contributed by atoms with Gasteiger partial charge in [-0.15, -0.1) is 0 Å². The van der Waals surface area contributed by atoms with Gasteiger partial charge in [0.2, 0.25) is 0 Å². The van der Waals surface area contributed by atoms with Crippen molar-refractivity contribution in [1.82, 2.24) is 0 Å². The van der Waals surface area contributed by atoms with Crippen LogP contribution in [-0.2, 0) is 12.8 Å². The van der Waals surface area contributed by atoms with Crippen LogP contribution >= 0.6 is 11.8 Å². The van der Waals surface area contributed by atoms with Crippen molar-refractivity contribution in [2.75, 3.05) is 11.5 Å². The van der Waals surface area contributed by atoms with Crippen LogP contribution in [0, 0.1) is 25.6 Å². The molecule has 1 saturated heterocycles. The fraction of sp³-hybridized carbons (Fsp3) is 0.333. The van der Waals surface area contributed by atoms with E-state index in [1.54, 1.807) is 24.3 Å². The molecule has 0 radical (unpaired) electrons. The lowest BCUT2D eigenvalue weighted by atomic mass is 9.76. The Morgan fingerprint density at radius 2 is 1.28 bits per heavy atom. The molecule has 0 aromatic heterocycles. The van der Waals surface area contributed by atoms with Gasteiger partial charge in [-0.1, -0.05) is 24.3 Å². The van der Waals surface area contributed by atoms with Crippen LogP contribution < -0.4 is 0 Å². The van der Waals surface area contributed by atoms with Gasteiger partial charge >= 0.3 is 0 Å². The molecule has 0 aliphatic carbocycles. The maximum absolute atomic E-state index is 10.8. The Balaban J connectivity index is 1.77. The molecule has 130 valence electrons. The van der Waals surface area contributed by atoms with E-state index in [2.05, 4.69) is 0 Å². The van der Waals surface area contributed by atoms with E-state index < -0.39 is 0 Å². The quantitative estimate of drug-likeness (QED) is 0.564. The van der Waals surface area contributed by atoms with Crippen molar-refractivity contribution in [3.63, 3.8) is 0 Å². The highest BCUT2D eigenvalue weighted by atomic mass is 32.2. The van der Waals surface area contributed by atoms with Crippen molar-refractivity contribution in [1.29, 1.82) is 0 Å². The Morgan fingerprint density at radius 1 is 0.840 bits per heavy atom. The molecule has 2 aromatic carbocycles. The van der Waals surface area contributed by atoms with Crippen molar-refractivity contribution in [2.45, 2.75) is 19.3 Å². The summed E-state index contributed by atoms with van der Waals surface area (Å²) in [6.45, 7) is 0. The summed E-state index contributed by atoms with van der Waals surface area (Å²) in [5.74, 6) is 2.13. The molecule has 0 spiro atoms. The van der Waals surface area contributed by atoms with Gasteiger partial charge in [-0.25, -0.2) is 0 Å². The van der Waals surface area contributed by atoms with Gasteiger partial charge in [0.05, 0.1) is 9.85 Å². The number of hydrogen-bond acceptors (Lipinski definition) is 5. The third-order valence-electron chi connectivity index (χ3n) is 4.64. The third kappa shape index (κ3) is 4.17. The molecule has 0 N–H and O–H groups in total. The molecule has 0 atom stereocenters. The zero-order valence-corrected chi connectivity index (χ0v) is 14.4. The molecule has 2 aromatic rings. The first-order valence-corrected chi connectivity index (χ1v) is 9.17. The van der Waals surface area contributed by atoms with E-state index in [9.17, 15) is 20.2 Å². The lowest BCUT2D eigenvalue weighted by Gasteiger charge is -2.28. The Morgan fingerprint density at radius 3 is 1.60 bits per heavy atom. The van der Waals surface area contributed by atoms with Crippen LogP contribution in [0.1, 0.15) is 17.5 Å². The second-order valence-electron chi connectivity index (χ2n) is 6.50. The molecule has 1 aliphatic heterocycles. The fourth-order valence-electron chi connectivity index (χ4n) is 3.33. The maximum Gasteiger partial charge on any atom is 0.269 e. The van der Waals surface area contributed by atoms with Crippen LogP contribution in [0.2, 0.25) is 0 Å². The molecule has 1 aliphatic rings. The Bertz CT molecular complexity index is 707. The van der Waals surface area contributed by atoms with E-state index in [1.807, 2.05) is 36.0 Å². The highest BCUT2D eigenvalue weighted by Crippen LogP contribution is 2.42. The second kappa shape index (κ2) is 7.23. The van der Waals surface area contributed by atoms with Crippen LogP contribution in [-0.4, -0.2) is 21.4 Å². The predicted molar refractivity (Wildman–Crippen MR) is 98.0 cm³/mol. The van der Waals surface area contributed by atoms with Crippen LogP contribution in [0.3, 0.4) is 0 Å². The molecule has 0 saturated carbocycles. The number of hydrogen-bond donors (Lipinski definition) is 0. The van der Waals surface area contributed by atoms with E-state index in [0.29, 0.717) is 0 Å². The van der Waals surface area contributed by atoms with Crippen molar-refractivity contribution in [3.05, 3.63) is 79.9 Å². The number of rotatable bonds is 6. The number of nitrogens with zero attached hydrogens (tertiary/aromatic N) is 2. The van der Waals surface area contributed by atoms with Crippen LogP contribution in [0.4, 0.5) is 11.4 Å². The summed E-state index contributed by atoms with van der Waals surface area (Å²) >= 11 is 1.92. The minimum absolute atomic E-state index is 0.0942. The Labute approximate surface area is 149 Å². The average Bonchev–Trinajstić information content (AvgIpc) is 3.04. The molecular formula is C18H18N2O4S. The summed E-state index contributed by atoms with van der Waals surface area (Å²) in [7, 11) is 0. The van der Waals surface area contributed by atoms with Crippen molar-refractivity contribution in [2.24, 2.45) is 5.41 Å². The summed E-state index contributed by atoms with van der Waals surface area (Å²) in [5.41, 5.74) is 2.49. The Hall–Kier alpha value is -2.41. The molecular weight excluding hydrogens is 340 g/mol. The molecule has 1 fully saturated rings. The normalized spacial score (nSPS) is 15.8. The van der Waals surface area contributed by atoms with Gasteiger partial charge in [0.15, 0.2) is 0 Å². The summed E-state index contributed by atoms with van der Waals surface area (Å²) in [4.78, 5) is 20.8. The van der Waals surface area contributed by atoms with E-state index in [0.717, 1.165) is 41.9 Å². The molecule has 0 unspecified atom stereocenters. The first-order chi connectivity index (χ1) is 12.0. The summed E-state index contributed by atoms with van der Waals surface area (Å²) < 4.78 is 0. The molecule has 1 heterocycles.